The molecule has 0 aliphatic heterocycles. The van der Waals surface area contributed by atoms with Gasteiger partial charge in [0, 0.05) is 24.0 Å². The van der Waals surface area contributed by atoms with E-state index in [9.17, 15) is 20.0 Å². The smallest absolute Gasteiger partial charge is 0.313 e. The summed E-state index contributed by atoms with van der Waals surface area (Å²) in [6.45, 7) is 1.76. The summed E-state index contributed by atoms with van der Waals surface area (Å²) in [6.07, 6.45) is 2.90. The van der Waals surface area contributed by atoms with Crippen molar-refractivity contribution in [3.63, 3.8) is 0 Å². The fourth-order valence-corrected chi connectivity index (χ4v) is 2.14. The molecule has 0 aliphatic carbocycles. The molecule has 0 bridgehead atoms. The molecule has 0 saturated carbocycles. The Morgan fingerprint density at radius 3 is 2.50 bits per heavy atom. The van der Waals surface area contributed by atoms with E-state index in [-0.39, 0.29) is 11.6 Å². The van der Waals surface area contributed by atoms with E-state index >= 15 is 0 Å². The number of non-ortho nitro benzene ring substituents is 1. The average Bonchev–Trinajstić information content (AvgIpc) is 2.92. The van der Waals surface area contributed by atoms with E-state index in [1.807, 2.05) is 0 Å². The van der Waals surface area contributed by atoms with Crippen molar-refractivity contribution in [3.05, 3.63) is 58.2 Å². The Labute approximate surface area is 114 Å². The third-order valence-corrected chi connectivity index (χ3v) is 3.25. The second-order valence-corrected chi connectivity index (χ2v) is 4.46. The number of hydrogen-bond donors (Lipinski definition) is 2. The van der Waals surface area contributed by atoms with Crippen molar-refractivity contribution in [2.24, 2.45) is 0 Å². The molecule has 0 spiro atoms. The second kappa shape index (κ2) is 5.52. The van der Waals surface area contributed by atoms with Gasteiger partial charge in [-0.3, -0.25) is 14.9 Å². The number of H-pyrrole nitrogens is 1. The lowest BCUT2D eigenvalue weighted by Gasteiger charge is -2.19. The standard InChI is InChI=1S/C13H13N3O4/c1-8(9-2-4-10(5-3-9)16(19)20)12(13(17)18)11-6-14-7-15-11/h2-8,12H,1H3,(H,14,15)(H,17,18). The number of carboxylic acid groups (broad SMARTS) is 1. The summed E-state index contributed by atoms with van der Waals surface area (Å²) in [7, 11) is 0. The number of nitrogens with one attached hydrogen (secondary N) is 1. The van der Waals surface area contributed by atoms with Gasteiger partial charge < -0.3 is 10.1 Å². The van der Waals surface area contributed by atoms with Gasteiger partial charge >= 0.3 is 5.97 Å². The summed E-state index contributed by atoms with van der Waals surface area (Å²) >= 11 is 0. The van der Waals surface area contributed by atoms with E-state index in [4.69, 9.17) is 0 Å². The minimum absolute atomic E-state index is 0.0191. The lowest BCUT2D eigenvalue weighted by molar-refractivity contribution is -0.384. The quantitative estimate of drug-likeness (QED) is 0.642. The molecule has 1 aromatic carbocycles. The zero-order valence-corrected chi connectivity index (χ0v) is 10.7. The van der Waals surface area contributed by atoms with Crippen LogP contribution in [-0.4, -0.2) is 26.0 Å². The lowest BCUT2D eigenvalue weighted by Crippen LogP contribution is -2.18. The molecule has 0 radical (unpaired) electrons. The first-order chi connectivity index (χ1) is 9.50. The van der Waals surface area contributed by atoms with Crippen molar-refractivity contribution in [2.45, 2.75) is 18.8 Å². The summed E-state index contributed by atoms with van der Waals surface area (Å²) in [6, 6.07) is 5.90. The molecule has 0 amide bonds. The summed E-state index contributed by atoms with van der Waals surface area (Å²) in [5.74, 6) is -2.09. The third-order valence-electron chi connectivity index (χ3n) is 3.25. The van der Waals surface area contributed by atoms with E-state index < -0.39 is 16.8 Å². The average molecular weight is 275 g/mol. The molecule has 2 atom stereocenters. The molecule has 2 unspecified atom stereocenters. The van der Waals surface area contributed by atoms with Crippen LogP contribution in [0.1, 0.15) is 30.0 Å². The van der Waals surface area contributed by atoms with Crippen molar-refractivity contribution < 1.29 is 14.8 Å². The number of nitro groups is 1. The Balaban J connectivity index is 2.30. The highest BCUT2D eigenvalue weighted by atomic mass is 16.6. The molecular weight excluding hydrogens is 262 g/mol. The molecule has 1 heterocycles. The maximum Gasteiger partial charge on any atom is 0.313 e. The first-order valence-corrected chi connectivity index (χ1v) is 5.96. The van der Waals surface area contributed by atoms with E-state index in [1.54, 1.807) is 19.1 Å². The van der Waals surface area contributed by atoms with Crippen LogP contribution in [0.2, 0.25) is 0 Å². The van der Waals surface area contributed by atoms with Gasteiger partial charge in [-0.05, 0) is 11.5 Å². The molecule has 0 aliphatic rings. The van der Waals surface area contributed by atoms with Crippen LogP contribution >= 0.6 is 0 Å². The van der Waals surface area contributed by atoms with E-state index in [0.29, 0.717) is 5.69 Å². The Morgan fingerprint density at radius 2 is 2.05 bits per heavy atom. The van der Waals surface area contributed by atoms with Crippen LogP contribution in [0.3, 0.4) is 0 Å². The molecular formula is C13H13N3O4. The van der Waals surface area contributed by atoms with Crippen molar-refractivity contribution in [3.8, 4) is 0 Å². The predicted octanol–water partition coefficient (Wildman–Crippen LogP) is 2.29. The number of nitro benzene ring substituents is 1. The van der Waals surface area contributed by atoms with E-state index in [1.165, 1.54) is 24.7 Å². The summed E-state index contributed by atoms with van der Waals surface area (Å²) in [4.78, 5) is 28.2. The number of rotatable bonds is 5. The normalized spacial score (nSPS) is 13.7. The number of carboxylic acids is 1. The SMILES string of the molecule is CC(c1ccc([N+](=O)[O-])cc1)C(C(=O)O)c1cnc[nH]1. The van der Waals surface area contributed by atoms with Crippen LogP contribution in [0, 0.1) is 10.1 Å². The molecule has 0 fully saturated rings. The number of benzene rings is 1. The number of nitrogens with zero attached hydrogens (tertiary/aromatic N) is 2. The summed E-state index contributed by atoms with van der Waals surface area (Å²) < 4.78 is 0. The second-order valence-electron chi connectivity index (χ2n) is 4.46. The highest BCUT2D eigenvalue weighted by Gasteiger charge is 2.29. The molecule has 104 valence electrons. The molecule has 2 aromatic rings. The van der Waals surface area contributed by atoms with Crippen LogP contribution in [-0.2, 0) is 4.79 Å². The predicted molar refractivity (Wildman–Crippen MR) is 70.5 cm³/mol. The minimum Gasteiger partial charge on any atom is -0.481 e. The van der Waals surface area contributed by atoms with Gasteiger partial charge in [0.1, 0.15) is 5.92 Å². The molecule has 2 rings (SSSR count). The highest BCUT2D eigenvalue weighted by molar-refractivity contribution is 5.76. The van der Waals surface area contributed by atoms with Gasteiger partial charge in [-0.2, -0.15) is 0 Å². The number of aromatic nitrogens is 2. The monoisotopic (exact) mass is 275 g/mol. The van der Waals surface area contributed by atoms with Gasteiger partial charge in [-0.15, -0.1) is 0 Å². The summed E-state index contributed by atoms with van der Waals surface area (Å²) in [5, 5.41) is 20.0. The van der Waals surface area contributed by atoms with Gasteiger partial charge in [0.05, 0.1) is 11.3 Å². The summed E-state index contributed by atoms with van der Waals surface area (Å²) in [5.41, 5.74) is 1.20. The van der Waals surface area contributed by atoms with Gasteiger partial charge in [0.2, 0.25) is 0 Å². The Morgan fingerprint density at radius 1 is 1.40 bits per heavy atom. The van der Waals surface area contributed by atoms with Gasteiger partial charge in [0.15, 0.2) is 0 Å². The number of hydrogen-bond acceptors (Lipinski definition) is 4. The zero-order chi connectivity index (χ0) is 14.7. The van der Waals surface area contributed by atoms with Crippen molar-refractivity contribution >= 4 is 11.7 Å². The number of carbonyl (C=O) groups is 1. The molecule has 2 N–H and O–H groups in total. The fraction of sp³-hybridized carbons (Fsp3) is 0.231. The number of aliphatic carboxylic acids is 1. The fourth-order valence-electron chi connectivity index (χ4n) is 2.14. The van der Waals surface area contributed by atoms with Gasteiger partial charge in [-0.1, -0.05) is 19.1 Å². The lowest BCUT2D eigenvalue weighted by atomic mass is 9.85. The van der Waals surface area contributed by atoms with Crippen LogP contribution in [0.5, 0.6) is 0 Å². The first-order valence-electron chi connectivity index (χ1n) is 5.96. The molecule has 1 aromatic heterocycles. The maximum absolute atomic E-state index is 11.4. The van der Waals surface area contributed by atoms with Crippen LogP contribution in [0.15, 0.2) is 36.8 Å². The van der Waals surface area contributed by atoms with Crippen molar-refractivity contribution in [2.75, 3.05) is 0 Å². The Kier molecular flexibility index (Phi) is 3.79. The molecule has 20 heavy (non-hydrogen) atoms. The van der Waals surface area contributed by atoms with Crippen LogP contribution in [0.4, 0.5) is 5.69 Å². The molecule has 7 nitrogen and oxygen atoms in total. The van der Waals surface area contributed by atoms with E-state index in [2.05, 4.69) is 9.97 Å². The number of aromatic amines is 1. The Bertz CT molecular complexity index is 607. The van der Waals surface area contributed by atoms with Crippen molar-refractivity contribution in [1.29, 1.82) is 0 Å². The largest absolute Gasteiger partial charge is 0.481 e. The molecule has 7 heteroatoms. The maximum atomic E-state index is 11.4. The minimum atomic E-state index is -0.972. The third kappa shape index (κ3) is 2.66. The first kappa shape index (κ1) is 13.7. The highest BCUT2D eigenvalue weighted by Crippen LogP contribution is 2.32. The van der Waals surface area contributed by atoms with Gasteiger partial charge in [-0.25, -0.2) is 4.98 Å². The molecule has 0 saturated heterocycles. The van der Waals surface area contributed by atoms with E-state index in [0.717, 1.165) is 5.56 Å². The topological polar surface area (TPSA) is 109 Å². The number of imidazole rings is 1. The van der Waals surface area contributed by atoms with Gasteiger partial charge in [0.25, 0.3) is 5.69 Å². The zero-order valence-electron chi connectivity index (χ0n) is 10.7. The van der Waals surface area contributed by atoms with Crippen LogP contribution in [0.25, 0.3) is 0 Å². The van der Waals surface area contributed by atoms with Crippen LogP contribution < -0.4 is 0 Å². The Hall–Kier alpha value is -2.70. The van der Waals surface area contributed by atoms with Crippen molar-refractivity contribution in [1.82, 2.24) is 9.97 Å².